The van der Waals surface area contributed by atoms with Gasteiger partial charge < -0.3 is 5.11 Å². The third kappa shape index (κ3) is 3.07. The molecule has 0 unspecified atom stereocenters. The number of likely N-dealkylation sites (N-methyl/N-ethyl adjacent to an activating group) is 1. The summed E-state index contributed by atoms with van der Waals surface area (Å²) in [5.74, 6) is 0. The highest BCUT2D eigenvalue weighted by atomic mass is 35.5. The lowest BCUT2D eigenvalue weighted by molar-refractivity contribution is 0.281. The standard InChI is InChI=1S/C11H14ClNO3S/c1-3-6-13(2)17(15,16)10-4-5-11(12)9(7-10)8-14/h3-5,7,14H,1,6,8H2,2H3. The Labute approximate surface area is 106 Å². The third-order valence-electron chi connectivity index (χ3n) is 2.28. The van der Waals surface area contributed by atoms with E-state index in [2.05, 4.69) is 6.58 Å². The monoisotopic (exact) mass is 275 g/mol. The van der Waals surface area contributed by atoms with E-state index < -0.39 is 10.0 Å². The van der Waals surface area contributed by atoms with Gasteiger partial charge in [0.05, 0.1) is 11.5 Å². The molecule has 0 saturated heterocycles. The molecule has 0 amide bonds. The molecule has 17 heavy (non-hydrogen) atoms. The molecule has 0 bridgehead atoms. The van der Waals surface area contributed by atoms with Gasteiger partial charge in [0, 0.05) is 18.6 Å². The van der Waals surface area contributed by atoms with Crippen LogP contribution < -0.4 is 0 Å². The number of aliphatic hydroxyl groups is 1. The van der Waals surface area contributed by atoms with Crippen LogP contribution in [0.3, 0.4) is 0 Å². The summed E-state index contributed by atoms with van der Waals surface area (Å²) >= 11 is 5.80. The fourth-order valence-corrected chi connectivity index (χ4v) is 2.66. The molecule has 0 heterocycles. The quantitative estimate of drug-likeness (QED) is 0.831. The molecule has 0 aromatic heterocycles. The van der Waals surface area contributed by atoms with Crippen LogP contribution in [0.5, 0.6) is 0 Å². The summed E-state index contributed by atoms with van der Waals surface area (Å²) in [6.45, 7) is 3.41. The Balaban J connectivity index is 3.20. The van der Waals surface area contributed by atoms with Gasteiger partial charge in [-0.1, -0.05) is 17.7 Å². The highest BCUT2D eigenvalue weighted by molar-refractivity contribution is 7.89. The van der Waals surface area contributed by atoms with Crippen molar-refractivity contribution in [3.8, 4) is 0 Å². The summed E-state index contributed by atoms with van der Waals surface area (Å²) in [4.78, 5) is 0.107. The Bertz CT molecular complexity index is 513. The lowest BCUT2D eigenvalue weighted by Crippen LogP contribution is -2.27. The second kappa shape index (κ2) is 5.64. The first kappa shape index (κ1) is 14.2. The zero-order chi connectivity index (χ0) is 13.1. The second-order valence-corrected chi connectivity index (χ2v) is 5.94. The molecule has 1 N–H and O–H groups in total. The van der Waals surface area contributed by atoms with E-state index in [4.69, 9.17) is 16.7 Å². The van der Waals surface area contributed by atoms with E-state index in [-0.39, 0.29) is 18.0 Å². The normalized spacial score (nSPS) is 11.8. The molecule has 1 aromatic rings. The van der Waals surface area contributed by atoms with Gasteiger partial charge in [-0.05, 0) is 23.8 Å². The van der Waals surface area contributed by atoms with Crippen molar-refractivity contribution in [3.05, 3.63) is 41.4 Å². The maximum absolute atomic E-state index is 12.1. The van der Waals surface area contributed by atoms with Crippen molar-refractivity contribution >= 4 is 21.6 Å². The molecule has 1 rings (SSSR count). The van der Waals surface area contributed by atoms with Crippen LogP contribution in [0.1, 0.15) is 5.56 Å². The van der Waals surface area contributed by atoms with Crippen LogP contribution in [-0.2, 0) is 16.6 Å². The van der Waals surface area contributed by atoms with Crippen LogP contribution in [0.4, 0.5) is 0 Å². The molecule has 0 radical (unpaired) electrons. The smallest absolute Gasteiger partial charge is 0.243 e. The minimum absolute atomic E-state index is 0.107. The number of benzene rings is 1. The van der Waals surface area contributed by atoms with Crippen molar-refractivity contribution in [1.82, 2.24) is 4.31 Å². The number of nitrogens with zero attached hydrogens (tertiary/aromatic N) is 1. The fourth-order valence-electron chi connectivity index (χ4n) is 1.29. The summed E-state index contributed by atoms with van der Waals surface area (Å²) in [5.41, 5.74) is 0.389. The summed E-state index contributed by atoms with van der Waals surface area (Å²) < 4.78 is 25.3. The molecule has 0 aliphatic heterocycles. The first-order chi connectivity index (χ1) is 7.93. The average molecular weight is 276 g/mol. The average Bonchev–Trinajstić information content (AvgIpc) is 2.29. The molecule has 0 fully saturated rings. The number of halogens is 1. The maximum Gasteiger partial charge on any atom is 0.243 e. The number of aliphatic hydroxyl groups excluding tert-OH is 1. The molecular weight excluding hydrogens is 262 g/mol. The molecule has 0 saturated carbocycles. The SMILES string of the molecule is C=CCN(C)S(=O)(=O)c1ccc(Cl)c(CO)c1. The van der Waals surface area contributed by atoms with Crippen LogP contribution in [0, 0.1) is 0 Å². The Morgan fingerprint density at radius 3 is 2.71 bits per heavy atom. The molecule has 6 heteroatoms. The lowest BCUT2D eigenvalue weighted by atomic mass is 10.2. The zero-order valence-corrected chi connectivity index (χ0v) is 11.0. The van der Waals surface area contributed by atoms with Crippen molar-refractivity contribution < 1.29 is 13.5 Å². The van der Waals surface area contributed by atoms with Gasteiger partial charge >= 0.3 is 0 Å². The Morgan fingerprint density at radius 2 is 2.18 bits per heavy atom. The molecule has 0 atom stereocenters. The predicted octanol–water partition coefficient (Wildman–Crippen LogP) is 1.64. The van der Waals surface area contributed by atoms with Crippen LogP contribution >= 0.6 is 11.6 Å². The van der Waals surface area contributed by atoms with Crippen molar-refractivity contribution in [2.75, 3.05) is 13.6 Å². The molecular formula is C11H14ClNO3S. The highest BCUT2D eigenvalue weighted by Crippen LogP contribution is 2.22. The van der Waals surface area contributed by atoms with Gasteiger partial charge in [0.1, 0.15) is 0 Å². The Kier molecular flexibility index (Phi) is 4.70. The van der Waals surface area contributed by atoms with E-state index in [1.807, 2.05) is 0 Å². The summed E-state index contributed by atoms with van der Waals surface area (Å²) in [7, 11) is -2.10. The van der Waals surface area contributed by atoms with Crippen molar-refractivity contribution in [2.45, 2.75) is 11.5 Å². The predicted molar refractivity (Wildman–Crippen MR) is 67.4 cm³/mol. The van der Waals surface area contributed by atoms with Gasteiger partial charge in [-0.25, -0.2) is 8.42 Å². The number of sulfonamides is 1. The molecule has 0 aliphatic rings. The fraction of sp³-hybridized carbons (Fsp3) is 0.273. The van der Waals surface area contributed by atoms with Crippen LogP contribution in [0.2, 0.25) is 5.02 Å². The maximum atomic E-state index is 12.1. The van der Waals surface area contributed by atoms with Crippen LogP contribution in [0.25, 0.3) is 0 Å². The van der Waals surface area contributed by atoms with Crippen molar-refractivity contribution in [3.63, 3.8) is 0 Å². The zero-order valence-electron chi connectivity index (χ0n) is 9.43. The number of rotatable bonds is 5. The number of hydrogen-bond donors (Lipinski definition) is 1. The van der Waals surface area contributed by atoms with E-state index in [0.717, 1.165) is 0 Å². The summed E-state index contributed by atoms with van der Waals surface area (Å²) in [6, 6.07) is 4.25. The topological polar surface area (TPSA) is 57.6 Å². The van der Waals surface area contributed by atoms with Crippen LogP contribution in [0.15, 0.2) is 35.7 Å². The highest BCUT2D eigenvalue weighted by Gasteiger charge is 2.20. The van der Waals surface area contributed by atoms with E-state index in [0.29, 0.717) is 10.6 Å². The Hall–Kier alpha value is -0.880. The van der Waals surface area contributed by atoms with Gasteiger partial charge in [0.2, 0.25) is 10.0 Å². The summed E-state index contributed by atoms with van der Waals surface area (Å²) in [6.07, 6.45) is 1.50. The molecule has 1 aromatic carbocycles. The minimum atomic E-state index is -3.56. The molecule has 4 nitrogen and oxygen atoms in total. The van der Waals surface area contributed by atoms with E-state index in [9.17, 15) is 8.42 Å². The Morgan fingerprint density at radius 1 is 1.53 bits per heavy atom. The van der Waals surface area contributed by atoms with Gasteiger partial charge in [0.15, 0.2) is 0 Å². The van der Waals surface area contributed by atoms with Gasteiger partial charge in [-0.2, -0.15) is 4.31 Å². The largest absolute Gasteiger partial charge is 0.392 e. The molecule has 0 aliphatic carbocycles. The molecule has 94 valence electrons. The molecule has 0 spiro atoms. The lowest BCUT2D eigenvalue weighted by Gasteiger charge is -2.15. The van der Waals surface area contributed by atoms with E-state index in [1.165, 1.54) is 35.6 Å². The second-order valence-electron chi connectivity index (χ2n) is 3.49. The third-order valence-corrected chi connectivity index (χ3v) is 4.47. The van der Waals surface area contributed by atoms with Gasteiger partial charge in [-0.15, -0.1) is 6.58 Å². The first-order valence-corrected chi connectivity index (χ1v) is 6.71. The van der Waals surface area contributed by atoms with Gasteiger partial charge in [0.25, 0.3) is 0 Å². The minimum Gasteiger partial charge on any atom is -0.392 e. The first-order valence-electron chi connectivity index (χ1n) is 4.90. The number of hydrogen-bond acceptors (Lipinski definition) is 3. The van der Waals surface area contributed by atoms with Crippen molar-refractivity contribution in [2.24, 2.45) is 0 Å². The van der Waals surface area contributed by atoms with E-state index in [1.54, 1.807) is 0 Å². The van der Waals surface area contributed by atoms with E-state index >= 15 is 0 Å². The van der Waals surface area contributed by atoms with Crippen LogP contribution in [-0.4, -0.2) is 31.4 Å². The summed E-state index contributed by atoms with van der Waals surface area (Å²) in [5, 5.41) is 9.39. The van der Waals surface area contributed by atoms with Crippen molar-refractivity contribution in [1.29, 1.82) is 0 Å². The van der Waals surface area contributed by atoms with Gasteiger partial charge in [-0.3, -0.25) is 0 Å².